The average Bonchev–Trinajstić information content (AvgIpc) is 3.21. The Balaban J connectivity index is 1.70. The van der Waals surface area contributed by atoms with Gasteiger partial charge in [0.15, 0.2) is 5.76 Å². The molecule has 7 nitrogen and oxygen atoms in total. The molecular weight excluding hydrogens is 334 g/mol. The first-order valence-electron chi connectivity index (χ1n) is 7.59. The van der Waals surface area contributed by atoms with Gasteiger partial charge >= 0.3 is 0 Å². The Kier molecular flexibility index (Phi) is 4.82. The monoisotopic (exact) mass is 349 g/mol. The lowest BCUT2D eigenvalue weighted by molar-refractivity contribution is -0.384. The third kappa shape index (κ3) is 3.74. The smallest absolute Gasteiger partial charge is 0.291 e. The fourth-order valence-corrected chi connectivity index (χ4v) is 2.82. The number of nitrogens with one attached hydrogen (secondary N) is 1. The number of anilines is 1. The van der Waals surface area contributed by atoms with E-state index in [0.717, 1.165) is 13.1 Å². The minimum Gasteiger partial charge on any atom is -0.455 e. The number of amides is 1. The third-order valence-corrected chi connectivity index (χ3v) is 4.20. The van der Waals surface area contributed by atoms with Gasteiger partial charge in [0.05, 0.1) is 22.2 Å². The van der Waals surface area contributed by atoms with Gasteiger partial charge in [0.1, 0.15) is 5.76 Å². The number of halogens is 1. The lowest BCUT2D eigenvalue weighted by Crippen LogP contribution is -2.18. The molecule has 1 N–H and O–H groups in total. The molecule has 1 aromatic carbocycles. The highest BCUT2D eigenvalue weighted by Gasteiger charge is 2.18. The molecule has 0 atom stereocenters. The Morgan fingerprint density at radius 3 is 2.75 bits per heavy atom. The summed E-state index contributed by atoms with van der Waals surface area (Å²) in [6.45, 7) is 2.74. The Morgan fingerprint density at radius 1 is 1.29 bits per heavy atom. The first-order chi connectivity index (χ1) is 11.5. The van der Waals surface area contributed by atoms with E-state index in [4.69, 9.17) is 16.0 Å². The van der Waals surface area contributed by atoms with Crippen LogP contribution in [0.25, 0.3) is 0 Å². The van der Waals surface area contributed by atoms with Crippen molar-refractivity contribution in [1.82, 2.24) is 4.90 Å². The second-order valence-corrected chi connectivity index (χ2v) is 6.03. The fraction of sp³-hybridized carbons (Fsp3) is 0.312. The minimum atomic E-state index is -0.549. The Hall–Kier alpha value is -2.38. The number of benzene rings is 1. The lowest BCUT2D eigenvalue weighted by Gasteiger charge is -2.11. The maximum absolute atomic E-state index is 12.3. The van der Waals surface area contributed by atoms with Crippen LogP contribution in [-0.4, -0.2) is 28.8 Å². The van der Waals surface area contributed by atoms with E-state index in [1.54, 1.807) is 12.1 Å². The molecule has 0 bridgehead atoms. The minimum absolute atomic E-state index is 0.145. The molecule has 1 fully saturated rings. The van der Waals surface area contributed by atoms with E-state index in [1.807, 2.05) is 0 Å². The summed E-state index contributed by atoms with van der Waals surface area (Å²) >= 11 is 5.98. The van der Waals surface area contributed by atoms with Gasteiger partial charge in [-0.3, -0.25) is 19.8 Å². The van der Waals surface area contributed by atoms with Crippen LogP contribution >= 0.6 is 11.6 Å². The zero-order valence-corrected chi connectivity index (χ0v) is 13.6. The fourth-order valence-electron chi connectivity index (χ4n) is 2.65. The van der Waals surface area contributed by atoms with Crippen molar-refractivity contribution in [2.45, 2.75) is 19.4 Å². The standard InChI is InChI=1S/C16H16ClN3O4/c17-13-5-3-11(20(22)23)9-14(13)18-16(21)15-6-4-12(24-15)10-19-7-1-2-8-19/h3-6,9H,1-2,7-8,10H2,(H,18,21). The predicted molar refractivity (Wildman–Crippen MR) is 89.3 cm³/mol. The zero-order chi connectivity index (χ0) is 17.1. The second-order valence-electron chi connectivity index (χ2n) is 5.62. The van der Waals surface area contributed by atoms with E-state index in [0.29, 0.717) is 12.3 Å². The van der Waals surface area contributed by atoms with Crippen LogP contribution in [0.5, 0.6) is 0 Å². The highest BCUT2D eigenvalue weighted by molar-refractivity contribution is 6.34. The van der Waals surface area contributed by atoms with Crippen LogP contribution in [0.3, 0.4) is 0 Å². The molecule has 0 saturated carbocycles. The molecule has 0 spiro atoms. The molecule has 2 heterocycles. The summed E-state index contributed by atoms with van der Waals surface area (Å²) in [6.07, 6.45) is 2.36. The van der Waals surface area contributed by atoms with Gasteiger partial charge in [-0.2, -0.15) is 0 Å². The van der Waals surface area contributed by atoms with Gasteiger partial charge in [0.25, 0.3) is 11.6 Å². The Bertz CT molecular complexity index is 768. The molecule has 1 saturated heterocycles. The number of likely N-dealkylation sites (tertiary alicyclic amines) is 1. The molecule has 2 aromatic rings. The number of nitro groups is 1. The van der Waals surface area contributed by atoms with Crippen molar-refractivity contribution in [1.29, 1.82) is 0 Å². The number of hydrogen-bond donors (Lipinski definition) is 1. The quantitative estimate of drug-likeness (QED) is 0.657. The SMILES string of the molecule is O=C(Nc1cc([N+](=O)[O-])ccc1Cl)c1ccc(CN2CCCC2)o1. The summed E-state index contributed by atoms with van der Waals surface area (Å²) in [5.74, 6) is 0.365. The summed E-state index contributed by atoms with van der Waals surface area (Å²) < 4.78 is 5.57. The van der Waals surface area contributed by atoms with Crippen molar-refractivity contribution in [3.05, 3.63) is 57.0 Å². The largest absolute Gasteiger partial charge is 0.455 e. The van der Waals surface area contributed by atoms with E-state index in [1.165, 1.54) is 31.0 Å². The van der Waals surface area contributed by atoms with Crippen molar-refractivity contribution in [2.75, 3.05) is 18.4 Å². The highest BCUT2D eigenvalue weighted by Crippen LogP contribution is 2.27. The number of nitrogens with zero attached hydrogens (tertiary/aromatic N) is 2. The maximum Gasteiger partial charge on any atom is 0.291 e. The molecule has 126 valence electrons. The van der Waals surface area contributed by atoms with E-state index in [2.05, 4.69) is 10.2 Å². The van der Waals surface area contributed by atoms with Crippen LogP contribution in [0.4, 0.5) is 11.4 Å². The zero-order valence-electron chi connectivity index (χ0n) is 12.8. The second kappa shape index (κ2) is 7.02. The van der Waals surface area contributed by atoms with E-state index in [9.17, 15) is 14.9 Å². The van der Waals surface area contributed by atoms with Crippen LogP contribution in [0.1, 0.15) is 29.2 Å². The number of non-ortho nitro benzene ring substituents is 1. The lowest BCUT2D eigenvalue weighted by atomic mass is 10.2. The van der Waals surface area contributed by atoms with E-state index >= 15 is 0 Å². The summed E-state index contributed by atoms with van der Waals surface area (Å²) in [5.41, 5.74) is 0.0252. The number of carbonyl (C=O) groups is 1. The van der Waals surface area contributed by atoms with Gasteiger partial charge < -0.3 is 9.73 Å². The van der Waals surface area contributed by atoms with Gasteiger partial charge in [0.2, 0.25) is 0 Å². The number of rotatable bonds is 5. The third-order valence-electron chi connectivity index (χ3n) is 3.87. The molecule has 1 amide bonds. The van der Waals surface area contributed by atoms with Crippen molar-refractivity contribution >= 4 is 28.9 Å². The van der Waals surface area contributed by atoms with Crippen LogP contribution in [0.2, 0.25) is 5.02 Å². The van der Waals surface area contributed by atoms with Crippen LogP contribution in [0.15, 0.2) is 34.7 Å². The van der Waals surface area contributed by atoms with Gasteiger partial charge in [-0.1, -0.05) is 11.6 Å². The molecule has 0 unspecified atom stereocenters. The number of furan rings is 1. The topological polar surface area (TPSA) is 88.6 Å². The van der Waals surface area contributed by atoms with Gasteiger partial charge in [-0.15, -0.1) is 0 Å². The van der Waals surface area contributed by atoms with Crippen molar-refractivity contribution in [2.24, 2.45) is 0 Å². The number of carbonyl (C=O) groups excluding carboxylic acids is 1. The van der Waals surface area contributed by atoms with Crippen molar-refractivity contribution < 1.29 is 14.1 Å². The molecule has 1 aliphatic heterocycles. The maximum atomic E-state index is 12.3. The molecular formula is C16H16ClN3O4. The highest BCUT2D eigenvalue weighted by atomic mass is 35.5. The van der Waals surface area contributed by atoms with Crippen molar-refractivity contribution in [3.63, 3.8) is 0 Å². The molecule has 3 rings (SSSR count). The van der Waals surface area contributed by atoms with Crippen LogP contribution < -0.4 is 5.32 Å². The first-order valence-corrected chi connectivity index (χ1v) is 7.97. The van der Waals surface area contributed by atoms with Gasteiger partial charge in [-0.25, -0.2) is 0 Å². The Morgan fingerprint density at radius 2 is 2.04 bits per heavy atom. The molecule has 1 aromatic heterocycles. The van der Waals surface area contributed by atoms with Crippen LogP contribution in [-0.2, 0) is 6.54 Å². The van der Waals surface area contributed by atoms with Gasteiger partial charge in [-0.05, 0) is 44.1 Å². The predicted octanol–water partition coefficient (Wildman–Crippen LogP) is 3.69. The molecule has 0 aliphatic carbocycles. The van der Waals surface area contributed by atoms with E-state index in [-0.39, 0.29) is 22.2 Å². The summed E-state index contributed by atoms with van der Waals surface area (Å²) in [6, 6.07) is 7.22. The van der Waals surface area contributed by atoms with Gasteiger partial charge in [0, 0.05) is 12.1 Å². The van der Waals surface area contributed by atoms with E-state index < -0.39 is 10.8 Å². The first kappa shape index (κ1) is 16.5. The molecule has 8 heteroatoms. The molecule has 1 aliphatic rings. The molecule has 0 radical (unpaired) electrons. The summed E-state index contributed by atoms with van der Waals surface area (Å²) in [4.78, 5) is 24.8. The number of nitro benzene ring substituents is 1. The normalized spacial score (nSPS) is 14.7. The van der Waals surface area contributed by atoms with Crippen molar-refractivity contribution in [3.8, 4) is 0 Å². The summed E-state index contributed by atoms with van der Waals surface area (Å²) in [7, 11) is 0. The molecule has 24 heavy (non-hydrogen) atoms. The number of hydrogen-bond acceptors (Lipinski definition) is 5. The van der Waals surface area contributed by atoms with Crippen LogP contribution in [0, 0.1) is 10.1 Å². The average molecular weight is 350 g/mol. The Labute approximate surface area is 143 Å². The summed E-state index contributed by atoms with van der Waals surface area (Å²) in [5, 5.41) is 13.6.